The van der Waals surface area contributed by atoms with Crippen LogP contribution in [-0.4, -0.2) is 11.5 Å². The number of hydrogen-bond acceptors (Lipinski definition) is 3. The first-order valence-corrected chi connectivity index (χ1v) is 3.87. The van der Waals surface area contributed by atoms with E-state index in [0.29, 0.717) is 5.92 Å². The summed E-state index contributed by atoms with van der Waals surface area (Å²) in [4.78, 5) is 3.81. The zero-order valence-electron chi connectivity index (χ0n) is 7.00. The topological polar surface area (TPSA) is 38.1 Å². The standard InChI is InChI=1S/C8H14N2O/c1-7(2)3-9-4-8-5-10-6-11-8/h5-7,9H,3-4H2,1-2H3. The second-order valence-electron chi connectivity index (χ2n) is 2.99. The Morgan fingerprint density at radius 1 is 1.64 bits per heavy atom. The van der Waals surface area contributed by atoms with Gasteiger partial charge >= 0.3 is 0 Å². The Hall–Kier alpha value is -0.830. The van der Waals surface area contributed by atoms with Crippen LogP contribution < -0.4 is 5.32 Å². The minimum absolute atomic E-state index is 0.679. The van der Waals surface area contributed by atoms with Crippen LogP contribution in [0.15, 0.2) is 17.0 Å². The maximum absolute atomic E-state index is 5.04. The van der Waals surface area contributed by atoms with Gasteiger partial charge < -0.3 is 9.73 Å². The highest BCUT2D eigenvalue weighted by Crippen LogP contribution is 1.95. The minimum Gasteiger partial charge on any atom is -0.447 e. The molecule has 0 radical (unpaired) electrons. The summed E-state index contributed by atoms with van der Waals surface area (Å²) in [5, 5.41) is 3.25. The first-order chi connectivity index (χ1) is 5.29. The quantitative estimate of drug-likeness (QED) is 0.712. The lowest BCUT2D eigenvalue weighted by molar-refractivity contribution is 0.462. The molecule has 3 heteroatoms. The molecule has 0 spiro atoms. The Bertz CT molecular complexity index is 182. The molecule has 1 aromatic rings. The molecule has 0 aliphatic rings. The molecule has 0 amide bonds. The maximum atomic E-state index is 5.04. The summed E-state index contributed by atoms with van der Waals surface area (Å²) >= 11 is 0. The second kappa shape index (κ2) is 4.13. The number of nitrogens with zero attached hydrogens (tertiary/aromatic N) is 1. The first kappa shape index (κ1) is 8.27. The molecule has 0 bridgehead atoms. The molecule has 0 unspecified atom stereocenters. The Balaban J connectivity index is 2.14. The number of oxazole rings is 1. The number of hydrogen-bond donors (Lipinski definition) is 1. The van der Waals surface area contributed by atoms with Gasteiger partial charge in [0, 0.05) is 0 Å². The van der Waals surface area contributed by atoms with Gasteiger partial charge in [-0.05, 0) is 12.5 Å². The lowest BCUT2D eigenvalue weighted by atomic mass is 10.2. The third kappa shape index (κ3) is 3.18. The largest absolute Gasteiger partial charge is 0.447 e. The van der Waals surface area contributed by atoms with Crippen LogP contribution >= 0.6 is 0 Å². The Labute approximate surface area is 66.8 Å². The van der Waals surface area contributed by atoms with Crippen LogP contribution in [0.2, 0.25) is 0 Å². The minimum atomic E-state index is 0.679. The van der Waals surface area contributed by atoms with Crippen molar-refractivity contribution >= 4 is 0 Å². The lowest BCUT2D eigenvalue weighted by Gasteiger charge is -2.03. The van der Waals surface area contributed by atoms with E-state index in [1.165, 1.54) is 6.39 Å². The van der Waals surface area contributed by atoms with Crippen molar-refractivity contribution in [2.24, 2.45) is 5.92 Å². The highest BCUT2D eigenvalue weighted by Gasteiger charge is 1.96. The number of nitrogens with one attached hydrogen (secondary N) is 1. The molecule has 0 saturated carbocycles. The molecule has 0 aliphatic carbocycles. The molecule has 11 heavy (non-hydrogen) atoms. The molecule has 3 nitrogen and oxygen atoms in total. The molecule has 62 valence electrons. The van der Waals surface area contributed by atoms with Crippen LogP contribution in [0.4, 0.5) is 0 Å². The zero-order chi connectivity index (χ0) is 8.10. The summed E-state index contributed by atoms with van der Waals surface area (Å²) in [6.07, 6.45) is 3.18. The van der Waals surface area contributed by atoms with E-state index in [0.717, 1.165) is 18.8 Å². The van der Waals surface area contributed by atoms with Gasteiger partial charge in [0.25, 0.3) is 0 Å². The monoisotopic (exact) mass is 154 g/mol. The van der Waals surface area contributed by atoms with Crippen LogP contribution in [0.3, 0.4) is 0 Å². The van der Waals surface area contributed by atoms with Crippen molar-refractivity contribution in [2.45, 2.75) is 20.4 Å². The predicted molar refractivity (Wildman–Crippen MR) is 43.0 cm³/mol. The van der Waals surface area contributed by atoms with Gasteiger partial charge in [-0.1, -0.05) is 13.8 Å². The van der Waals surface area contributed by atoms with Gasteiger partial charge in [0.1, 0.15) is 5.76 Å². The molecule has 0 saturated heterocycles. The van der Waals surface area contributed by atoms with Gasteiger partial charge in [0.05, 0.1) is 12.7 Å². The average Bonchev–Trinajstić information content (AvgIpc) is 2.39. The van der Waals surface area contributed by atoms with E-state index in [1.54, 1.807) is 6.20 Å². The molecule has 0 aromatic carbocycles. The summed E-state index contributed by atoms with van der Waals surface area (Å²) in [5.74, 6) is 1.57. The average molecular weight is 154 g/mol. The van der Waals surface area contributed by atoms with E-state index in [4.69, 9.17) is 4.42 Å². The molecule has 0 aliphatic heterocycles. The number of rotatable bonds is 4. The maximum Gasteiger partial charge on any atom is 0.180 e. The van der Waals surface area contributed by atoms with Gasteiger partial charge in [-0.2, -0.15) is 0 Å². The van der Waals surface area contributed by atoms with Crippen molar-refractivity contribution in [2.75, 3.05) is 6.54 Å². The van der Waals surface area contributed by atoms with Crippen LogP contribution in [0, 0.1) is 5.92 Å². The predicted octanol–water partition coefficient (Wildman–Crippen LogP) is 1.42. The van der Waals surface area contributed by atoms with Crippen molar-refractivity contribution in [3.8, 4) is 0 Å². The Kier molecular flexibility index (Phi) is 3.11. The fraction of sp³-hybridized carbons (Fsp3) is 0.625. The van der Waals surface area contributed by atoms with Crippen LogP contribution in [-0.2, 0) is 6.54 Å². The van der Waals surface area contributed by atoms with Crippen molar-refractivity contribution in [1.82, 2.24) is 10.3 Å². The molecule has 1 N–H and O–H groups in total. The third-order valence-corrected chi connectivity index (χ3v) is 1.34. The van der Waals surface area contributed by atoms with Crippen molar-refractivity contribution < 1.29 is 4.42 Å². The summed E-state index contributed by atoms with van der Waals surface area (Å²) in [6.45, 7) is 6.14. The Morgan fingerprint density at radius 2 is 2.45 bits per heavy atom. The highest BCUT2D eigenvalue weighted by molar-refractivity contribution is 4.86. The summed E-state index contributed by atoms with van der Waals surface area (Å²) in [6, 6.07) is 0. The highest BCUT2D eigenvalue weighted by atomic mass is 16.3. The number of aromatic nitrogens is 1. The zero-order valence-corrected chi connectivity index (χ0v) is 7.00. The molecular weight excluding hydrogens is 140 g/mol. The van der Waals surface area contributed by atoms with Crippen molar-refractivity contribution in [3.05, 3.63) is 18.4 Å². The molecule has 1 heterocycles. The van der Waals surface area contributed by atoms with E-state index in [1.807, 2.05) is 0 Å². The SMILES string of the molecule is CC(C)CNCc1cnco1. The fourth-order valence-corrected chi connectivity index (χ4v) is 0.813. The third-order valence-electron chi connectivity index (χ3n) is 1.34. The van der Waals surface area contributed by atoms with E-state index in [9.17, 15) is 0 Å². The molecule has 1 aromatic heterocycles. The van der Waals surface area contributed by atoms with Crippen LogP contribution in [0.5, 0.6) is 0 Å². The van der Waals surface area contributed by atoms with Crippen LogP contribution in [0.1, 0.15) is 19.6 Å². The van der Waals surface area contributed by atoms with E-state index < -0.39 is 0 Å². The van der Waals surface area contributed by atoms with Crippen molar-refractivity contribution in [3.63, 3.8) is 0 Å². The van der Waals surface area contributed by atoms with Gasteiger partial charge in [-0.15, -0.1) is 0 Å². The van der Waals surface area contributed by atoms with Gasteiger partial charge in [-0.3, -0.25) is 0 Å². The molecular formula is C8H14N2O. The second-order valence-corrected chi connectivity index (χ2v) is 2.99. The summed E-state index contributed by atoms with van der Waals surface area (Å²) < 4.78 is 5.04. The molecule has 0 atom stereocenters. The lowest BCUT2D eigenvalue weighted by Crippen LogP contribution is -2.18. The normalized spacial score (nSPS) is 10.8. The van der Waals surface area contributed by atoms with Crippen LogP contribution in [0.25, 0.3) is 0 Å². The smallest absolute Gasteiger partial charge is 0.180 e. The summed E-state index contributed by atoms with van der Waals surface area (Å²) in [7, 11) is 0. The summed E-state index contributed by atoms with van der Waals surface area (Å²) in [5.41, 5.74) is 0. The van der Waals surface area contributed by atoms with Gasteiger partial charge in [-0.25, -0.2) is 4.98 Å². The fourth-order valence-electron chi connectivity index (χ4n) is 0.813. The first-order valence-electron chi connectivity index (χ1n) is 3.87. The Morgan fingerprint density at radius 3 is 3.00 bits per heavy atom. The molecule has 1 rings (SSSR count). The van der Waals surface area contributed by atoms with Gasteiger partial charge in [0.2, 0.25) is 0 Å². The van der Waals surface area contributed by atoms with E-state index in [-0.39, 0.29) is 0 Å². The van der Waals surface area contributed by atoms with E-state index in [2.05, 4.69) is 24.1 Å². The van der Waals surface area contributed by atoms with E-state index >= 15 is 0 Å². The van der Waals surface area contributed by atoms with Crippen molar-refractivity contribution in [1.29, 1.82) is 0 Å². The molecule has 0 fully saturated rings. The van der Waals surface area contributed by atoms with Gasteiger partial charge in [0.15, 0.2) is 6.39 Å².